The van der Waals surface area contributed by atoms with Crippen molar-refractivity contribution in [2.45, 2.75) is 13.1 Å². The van der Waals surface area contributed by atoms with E-state index in [4.69, 9.17) is 18.9 Å². The molecule has 6 nitrogen and oxygen atoms in total. The quantitative estimate of drug-likeness (QED) is 0.881. The van der Waals surface area contributed by atoms with E-state index in [2.05, 4.69) is 10.3 Å². The summed E-state index contributed by atoms with van der Waals surface area (Å²) in [5.41, 5.74) is 2.19. The molecular weight excluding hydrogens is 296 g/mol. The summed E-state index contributed by atoms with van der Waals surface area (Å²) in [6.07, 6.45) is 1.74. The van der Waals surface area contributed by atoms with Crippen LogP contribution in [0.4, 0.5) is 0 Å². The number of hydrogen-bond donors (Lipinski definition) is 1. The van der Waals surface area contributed by atoms with Crippen molar-refractivity contribution in [3.63, 3.8) is 0 Å². The number of benzene rings is 1. The normalized spacial score (nSPS) is 12.8. The molecule has 0 bridgehead atoms. The summed E-state index contributed by atoms with van der Waals surface area (Å²) >= 11 is 0. The van der Waals surface area contributed by atoms with Gasteiger partial charge in [0.25, 0.3) is 0 Å². The van der Waals surface area contributed by atoms with Gasteiger partial charge in [0.05, 0.1) is 14.2 Å². The number of fused-ring (bicyclic) bond motifs is 1. The van der Waals surface area contributed by atoms with Gasteiger partial charge in [-0.2, -0.15) is 0 Å². The second-order valence-electron chi connectivity index (χ2n) is 5.13. The molecule has 6 heteroatoms. The minimum absolute atomic E-state index is 0.546. The molecule has 1 aliphatic heterocycles. The van der Waals surface area contributed by atoms with E-state index in [-0.39, 0.29) is 0 Å². The fourth-order valence-electron chi connectivity index (χ4n) is 2.45. The number of pyridine rings is 1. The Morgan fingerprint density at radius 2 is 1.87 bits per heavy atom. The molecular formula is C17H20N2O4. The third-order valence-corrected chi connectivity index (χ3v) is 3.55. The molecule has 122 valence electrons. The first-order valence-electron chi connectivity index (χ1n) is 7.46. The fourth-order valence-corrected chi connectivity index (χ4v) is 2.45. The minimum Gasteiger partial charge on any atom is -0.493 e. The van der Waals surface area contributed by atoms with Crippen molar-refractivity contribution in [3.05, 3.63) is 41.6 Å². The van der Waals surface area contributed by atoms with Crippen molar-refractivity contribution in [2.24, 2.45) is 0 Å². The predicted octanol–water partition coefficient (Wildman–Crippen LogP) is 2.16. The predicted molar refractivity (Wildman–Crippen MR) is 85.3 cm³/mol. The number of aromatic nitrogens is 1. The van der Waals surface area contributed by atoms with Gasteiger partial charge in [0, 0.05) is 25.4 Å². The lowest BCUT2D eigenvalue weighted by molar-refractivity contribution is 0.165. The van der Waals surface area contributed by atoms with Crippen LogP contribution in [0.1, 0.15) is 11.1 Å². The van der Waals surface area contributed by atoms with Gasteiger partial charge in [0.1, 0.15) is 13.2 Å². The van der Waals surface area contributed by atoms with Crippen LogP contribution in [-0.4, -0.2) is 32.4 Å². The monoisotopic (exact) mass is 316 g/mol. The van der Waals surface area contributed by atoms with Crippen LogP contribution < -0.4 is 24.3 Å². The van der Waals surface area contributed by atoms with Gasteiger partial charge >= 0.3 is 0 Å². The molecule has 2 heterocycles. The highest BCUT2D eigenvalue weighted by atomic mass is 16.6. The van der Waals surface area contributed by atoms with Crippen LogP contribution in [0, 0.1) is 0 Å². The van der Waals surface area contributed by atoms with E-state index < -0.39 is 0 Å². The number of nitrogens with one attached hydrogen (secondary N) is 1. The van der Waals surface area contributed by atoms with Crippen molar-refractivity contribution in [1.29, 1.82) is 0 Å². The van der Waals surface area contributed by atoms with E-state index in [1.54, 1.807) is 20.4 Å². The summed E-state index contributed by atoms with van der Waals surface area (Å²) in [5, 5.41) is 3.39. The number of nitrogens with zero attached hydrogens (tertiary/aromatic N) is 1. The van der Waals surface area contributed by atoms with Gasteiger partial charge in [-0.1, -0.05) is 0 Å². The standard InChI is InChI=1S/C17H20N2O4/c1-20-14-7-13(8-15-17(14)23-6-5-22-15)11-18-10-12-3-4-19-16(9-12)21-2/h3-4,7-9,18H,5-6,10-11H2,1-2H3. The van der Waals surface area contributed by atoms with Crippen LogP contribution in [0.15, 0.2) is 30.5 Å². The molecule has 0 atom stereocenters. The third kappa shape index (κ3) is 3.65. The molecule has 3 rings (SSSR count). The minimum atomic E-state index is 0.546. The smallest absolute Gasteiger partial charge is 0.213 e. The molecule has 0 radical (unpaired) electrons. The van der Waals surface area contributed by atoms with Crippen molar-refractivity contribution < 1.29 is 18.9 Å². The Kier molecular flexibility index (Phi) is 4.83. The molecule has 23 heavy (non-hydrogen) atoms. The summed E-state index contributed by atoms with van der Waals surface area (Å²) in [6, 6.07) is 7.82. The van der Waals surface area contributed by atoms with Gasteiger partial charge in [0.2, 0.25) is 11.6 Å². The van der Waals surface area contributed by atoms with Crippen LogP contribution in [0.3, 0.4) is 0 Å². The Morgan fingerprint density at radius 3 is 2.70 bits per heavy atom. The maximum Gasteiger partial charge on any atom is 0.213 e. The first-order chi connectivity index (χ1) is 11.3. The highest BCUT2D eigenvalue weighted by Gasteiger charge is 2.18. The van der Waals surface area contributed by atoms with E-state index in [1.165, 1.54) is 0 Å². The highest BCUT2D eigenvalue weighted by molar-refractivity contribution is 5.54. The first-order valence-corrected chi connectivity index (χ1v) is 7.46. The van der Waals surface area contributed by atoms with Crippen molar-refractivity contribution in [2.75, 3.05) is 27.4 Å². The zero-order valence-electron chi connectivity index (χ0n) is 13.3. The number of methoxy groups -OCH3 is 2. The van der Waals surface area contributed by atoms with Gasteiger partial charge in [-0.25, -0.2) is 4.98 Å². The summed E-state index contributed by atoms with van der Waals surface area (Å²) in [4.78, 5) is 4.10. The van der Waals surface area contributed by atoms with Gasteiger partial charge in [-0.05, 0) is 29.3 Å². The van der Waals surface area contributed by atoms with E-state index >= 15 is 0 Å². The number of rotatable bonds is 6. The summed E-state index contributed by atoms with van der Waals surface area (Å²) in [5.74, 6) is 2.73. The fraction of sp³-hybridized carbons (Fsp3) is 0.353. The lowest BCUT2D eigenvalue weighted by Gasteiger charge is -2.21. The van der Waals surface area contributed by atoms with Gasteiger partial charge in [-0.15, -0.1) is 0 Å². The zero-order valence-corrected chi connectivity index (χ0v) is 13.3. The van der Waals surface area contributed by atoms with Crippen molar-refractivity contribution in [3.8, 4) is 23.1 Å². The molecule has 0 amide bonds. The average molecular weight is 316 g/mol. The molecule has 1 aromatic carbocycles. The Bertz CT molecular complexity index is 658. The topological polar surface area (TPSA) is 61.8 Å². The van der Waals surface area contributed by atoms with E-state index in [9.17, 15) is 0 Å². The van der Waals surface area contributed by atoms with Gasteiger partial charge < -0.3 is 24.3 Å². The molecule has 0 saturated heterocycles. The molecule has 0 saturated carbocycles. The molecule has 1 aliphatic rings. The van der Waals surface area contributed by atoms with E-state index in [0.717, 1.165) is 23.4 Å². The van der Waals surface area contributed by atoms with Gasteiger partial charge in [0.15, 0.2) is 11.5 Å². The number of hydrogen-bond acceptors (Lipinski definition) is 6. The second-order valence-corrected chi connectivity index (χ2v) is 5.13. The number of ether oxygens (including phenoxy) is 4. The lowest BCUT2D eigenvalue weighted by Crippen LogP contribution is -2.17. The maximum atomic E-state index is 5.64. The summed E-state index contributed by atoms with van der Waals surface area (Å²) in [6.45, 7) is 2.52. The second kappa shape index (κ2) is 7.19. The van der Waals surface area contributed by atoms with E-state index in [0.29, 0.717) is 37.1 Å². The first kappa shape index (κ1) is 15.4. The largest absolute Gasteiger partial charge is 0.493 e. The Hall–Kier alpha value is -2.47. The van der Waals surface area contributed by atoms with Crippen LogP contribution in [0.5, 0.6) is 23.1 Å². The van der Waals surface area contributed by atoms with Crippen molar-refractivity contribution >= 4 is 0 Å². The molecule has 1 aromatic heterocycles. The Labute approximate surface area is 135 Å². The van der Waals surface area contributed by atoms with Gasteiger partial charge in [-0.3, -0.25) is 0 Å². The van der Waals surface area contributed by atoms with E-state index in [1.807, 2.05) is 24.3 Å². The third-order valence-electron chi connectivity index (χ3n) is 3.55. The zero-order chi connectivity index (χ0) is 16.1. The molecule has 1 N–H and O–H groups in total. The highest BCUT2D eigenvalue weighted by Crippen LogP contribution is 2.40. The SMILES string of the molecule is COc1cc(CNCc2cc(OC)c3c(c2)OCCO3)ccn1. The molecule has 0 unspecified atom stereocenters. The molecule has 0 spiro atoms. The van der Waals surface area contributed by atoms with Crippen LogP contribution >= 0.6 is 0 Å². The summed E-state index contributed by atoms with van der Waals surface area (Å²) in [7, 11) is 3.25. The summed E-state index contributed by atoms with van der Waals surface area (Å²) < 4.78 is 21.8. The van der Waals surface area contributed by atoms with Crippen molar-refractivity contribution in [1.82, 2.24) is 10.3 Å². The van der Waals surface area contributed by atoms with Crippen LogP contribution in [0.2, 0.25) is 0 Å². The lowest BCUT2D eigenvalue weighted by atomic mass is 10.1. The Morgan fingerprint density at radius 1 is 1.04 bits per heavy atom. The molecule has 0 aliphatic carbocycles. The Balaban J connectivity index is 1.66. The molecule has 0 fully saturated rings. The van der Waals surface area contributed by atoms with Crippen LogP contribution in [0.25, 0.3) is 0 Å². The molecule has 2 aromatic rings. The maximum absolute atomic E-state index is 5.64. The van der Waals surface area contributed by atoms with Crippen LogP contribution in [-0.2, 0) is 13.1 Å². The average Bonchev–Trinajstić information content (AvgIpc) is 2.61.